The summed E-state index contributed by atoms with van der Waals surface area (Å²) in [5, 5.41) is 8.85. The molecule has 0 aromatic heterocycles. The second-order valence-electron chi connectivity index (χ2n) is 4.03. The number of carbonyl (C=O) groups is 1. The number of benzene rings is 1. The Labute approximate surface area is 126 Å². The van der Waals surface area contributed by atoms with E-state index in [9.17, 15) is 13.2 Å². The van der Waals surface area contributed by atoms with Crippen LogP contribution >= 0.6 is 15.9 Å². The molecule has 1 aromatic rings. The van der Waals surface area contributed by atoms with E-state index in [1.807, 2.05) is 0 Å². The molecule has 1 rings (SSSR count). The quantitative estimate of drug-likeness (QED) is 0.797. The Hall–Kier alpha value is -1.12. The lowest BCUT2D eigenvalue weighted by atomic mass is 10.3. The summed E-state index contributed by atoms with van der Waals surface area (Å²) < 4.78 is 31.4. The Morgan fingerprint density at radius 1 is 1.45 bits per heavy atom. The van der Waals surface area contributed by atoms with E-state index in [0.717, 1.165) is 4.31 Å². The lowest BCUT2D eigenvalue weighted by molar-refractivity contribution is -0.137. The van der Waals surface area contributed by atoms with Gasteiger partial charge in [0.2, 0.25) is 10.0 Å². The predicted molar refractivity (Wildman–Crippen MR) is 77.4 cm³/mol. The number of carboxylic acids is 1. The van der Waals surface area contributed by atoms with Gasteiger partial charge in [0, 0.05) is 17.1 Å². The molecule has 1 N–H and O–H groups in total. The van der Waals surface area contributed by atoms with Gasteiger partial charge in [-0.25, -0.2) is 8.42 Å². The number of carboxylic acid groups (broad SMARTS) is 1. The predicted octanol–water partition coefficient (Wildman–Crippen LogP) is 1.94. The number of sulfonamides is 1. The van der Waals surface area contributed by atoms with Crippen molar-refractivity contribution in [2.24, 2.45) is 0 Å². The highest BCUT2D eigenvalue weighted by Crippen LogP contribution is 2.29. The largest absolute Gasteiger partial charge is 0.497 e. The second kappa shape index (κ2) is 7.05. The van der Waals surface area contributed by atoms with Gasteiger partial charge < -0.3 is 9.84 Å². The van der Waals surface area contributed by atoms with Crippen molar-refractivity contribution in [1.29, 1.82) is 0 Å². The molecule has 0 radical (unpaired) electrons. The Balaban J connectivity index is 3.28. The second-order valence-corrected chi connectivity index (χ2v) is 6.79. The third-order valence-corrected chi connectivity index (χ3v) is 5.38. The first kappa shape index (κ1) is 16.9. The van der Waals surface area contributed by atoms with Gasteiger partial charge >= 0.3 is 5.97 Å². The topological polar surface area (TPSA) is 83.9 Å². The van der Waals surface area contributed by atoms with Crippen molar-refractivity contribution in [3.8, 4) is 5.75 Å². The van der Waals surface area contributed by atoms with Crippen molar-refractivity contribution in [3.05, 3.63) is 22.7 Å². The lowest BCUT2D eigenvalue weighted by Crippen LogP contribution is -2.36. The third kappa shape index (κ3) is 3.94. The van der Waals surface area contributed by atoms with Gasteiger partial charge in [0.15, 0.2) is 0 Å². The Morgan fingerprint density at radius 2 is 2.10 bits per heavy atom. The van der Waals surface area contributed by atoms with Crippen LogP contribution in [0.5, 0.6) is 5.75 Å². The van der Waals surface area contributed by atoms with Crippen LogP contribution in [0.4, 0.5) is 0 Å². The molecule has 6 nitrogen and oxygen atoms in total. The van der Waals surface area contributed by atoms with Crippen molar-refractivity contribution in [1.82, 2.24) is 4.31 Å². The molecule has 0 saturated heterocycles. The molecule has 1 aromatic carbocycles. The lowest BCUT2D eigenvalue weighted by Gasteiger charge is -2.20. The van der Waals surface area contributed by atoms with E-state index in [1.165, 1.54) is 13.2 Å². The molecule has 0 aliphatic rings. The maximum atomic E-state index is 12.5. The smallest absolute Gasteiger partial charge is 0.318 e. The van der Waals surface area contributed by atoms with E-state index in [2.05, 4.69) is 15.9 Å². The molecule has 0 spiro atoms. The summed E-state index contributed by atoms with van der Waals surface area (Å²) in [7, 11) is -2.46. The summed E-state index contributed by atoms with van der Waals surface area (Å²) >= 11 is 3.17. The summed E-state index contributed by atoms with van der Waals surface area (Å²) in [6.07, 6.45) is 0.522. The zero-order chi connectivity index (χ0) is 15.3. The number of hydrogen-bond acceptors (Lipinski definition) is 4. The average molecular weight is 366 g/mol. The van der Waals surface area contributed by atoms with E-state index in [4.69, 9.17) is 9.84 Å². The van der Waals surface area contributed by atoms with Gasteiger partial charge in [-0.15, -0.1) is 0 Å². The van der Waals surface area contributed by atoms with Crippen LogP contribution in [0.25, 0.3) is 0 Å². The minimum Gasteiger partial charge on any atom is -0.497 e. The van der Waals surface area contributed by atoms with Crippen LogP contribution in [-0.2, 0) is 14.8 Å². The van der Waals surface area contributed by atoms with E-state index in [0.29, 0.717) is 16.6 Å². The van der Waals surface area contributed by atoms with Crippen molar-refractivity contribution < 1.29 is 23.1 Å². The molecule has 0 unspecified atom stereocenters. The van der Waals surface area contributed by atoms with Crippen LogP contribution in [0.2, 0.25) is 0 Å². The molecule has 0 atom stereocenters. The fourth-order valence-electron chi connectivity index (χ4n) is 1.63. The number of hydrogen-bond donors (Lipinski definition) is 1. The first-order valence-corrected chi connectivity index (χ1v) is 8.11. The summed E-state index contributed by atoms with van der Waals surface area (Å²) in [4.78, 5) is 10.8. The van der Waals surface area contributed by atoms with E-state index < -0.39 is 22.5 Å². The van der Waals surface area contributed by atoms with Crippen molar-refractivity contribution >= 4 is 31.9 Å². The Bertz CT molecular complexity index is 588. The molecule has 20 heavy (non-hydrogen) atoms. The minimum atomic E-state index is -3.90. The number of ether oxygens (including phenoxy) is 1. The highest BCUT2D eigenvalue weighted by Gasteiger charge is 2.28. The monoisotopic (exact) mass is 365 g/mol. The summed E-state index contributed by atoms with van der Waals surface area (Å²) in [5.41, 5.74) is 0. The maximum Gasteiger partial charge on any atom is 0.318 e. The van der Waals surface area contributed by atoms with Crippen molar-refractivity contribution in [3.63, 3.8) is 0 Å². The van der Waals surface area contributed by atoms with Crippen LogP contribution in [-0.4, -0.2) is 44.0 Å². The molecule has 0 fully saturated rings. The fourth-order valence-corrected chi connectivity index (χ4v) is 4.05. The van der Waals surface area contributed by atoms with E-state index >= 15 is 0 Å². The Morgan fingerprint density at radius 3 is 2.60 bits per heavy atom. The molecular formula is C12H16BrNO5S. The molecule has 0 saturated carbocycles. The van der Waals surface area contributed by atoms with Crippen LogP contribution in [0.3, 0.4) is 0 Å². The molecule has 0 aliphatic carbocycles. The molecule has 0 heterocycles. The van der Waals surface area contributed by atoms with Gasteiger partial charge in [0.05, 0.1) is 7.11 Å². The van der Waals surface area contributed by atoms with Gasteiger partial charge in [-0.2, -0.15) is 4.31 Å². The zero-order valence-electron chi connectivity index (χ0n) is 11.2. The number of aliphatic carboxylic acids is 1. The van der Waals surface area contributed by atoms with Gasteiger partial charge in [-0.3, -0.25) is 4.79 Å². The van der Waals surface area contributed by atoms with Crippen molar-refractivity contribution in [2.75, 3.05) is 20.2 Å². The first-order chi connectivity index (χ1) is 9.32. The maximum absolute atomic E-state index is 12.5. The van der Waals surface area contributed by atoms with Crippen LogP contribution < -0.4 is 4.74 Å². The minimum absolute atomic E-state index is 0.00782. The number of nitrogens with zero attached hydrogens (tertiary/aromatic N) is 1. The van der Waals surface area contributed by atoms with E-state index in [-0.39, 0.29) is 11.4 Å². The summed E-state index contributed by atoms with van der Waals surface area (Å²) in [5.74, 6) is -0.806. The van der Waals surface area contributed by atoms with Gasteiger partial charge in [0.1, 0.15) is 17.2 Å². The molecule has 0 amide bonds. The Kier molecular flexibility index (Phi) is 5.97. The first-order valence-electron chi connectivity index (χ1n) is 5.88. The molecule has 0 bridgehead atoms. The molecule has 0 aliphatic heterocycles. The van der Waals surface area contributed by atoms with Crippen LogP contribution in [0.1, 0.15) is 13.3 Å². The normalized spacial score (nSPS) is 11.6. The van der Waals surface area contributed by atoms with Gasteiger partial charge in [-0.05, 0) is 34.5 Å². The molecular weight excluding hydrogens is 350 g/mol. The standard InChI is InChI=1S/C12H16BrNO5S/c1-3-6-14(8-12(15)16)20(17,18)11-7-9(19-2)4-5-10(11)13/h4-5,7H,3,6,8H2,1-2H3,(H,15,16). The molecule has 8 heteroatoms. The van der Waals surface area contributed by atoms with Crippen LogP contribution in [0, 0.1) is 0 Å². The van der Waals surface area contributed by atoms with Crippen molar-refractivity contribution in [2.45, 2.75) is 18.2 Å². The van der Waals surface area contributed by atoms with Crippen LogP contribution in [0.15, 0.2) is 27.6 Å². The van der Waals surface area contributed by atoms with E-state index in [1.54, 1.807) is 19.1 Å². The highest BCUT2D eigenvalue weighted by molar-refractivity contribution is 9.10. The van der Waals surface area contributed by atoms with Gasteiger partial charge in [0.25, 0.3) is 0 Å². The number of methoxy groups -OCH3 is 1. The summed E-state index contributed by atoms with van der Waals surface area (Å²) in [6, 6.07) is 4.53. The summed E-state index contributed by atoms with van der Waals surface area (Å²) in [6.45, 7) is 1.35. The number of rotatable bonds is 7. The zero-order valence-corrected chi connectivity index (χ0v) is 13.6. The third-order valence-electron chi connectivity index (χ3n) is 2.54. The molecule has 112 valence electrons. The average Bonchev–Trinajstić information content (AvgIpc) is 2.38. The van der Waals surface area contributed by atoms with Gasteiger partial charge in [-0.1, -0.05) is 6.92 Å². The fraction of sp³-hybridized carbons (Fsp3) is 0.417. The SMILES string of the molecule is CCCN(CC(=O)O)S(=O)(=O)c1cc(OC)ccc1Br. The highest BCUT2D eigenvalue weighted by atomic mass is 79.9. The number of halogens is 1.